The molecule has 4 heterocycles. The Labute approximate surface area is 132 Å². The summed E-state index contributed by atoms with van der Waals surface area (Å²) in [6.07, 6.45) is 2.81. The number of ketones is 1. The number of ether oxygens (including phenoxy) is 2. The Morgan fingerprint density at radius 3 is 2.96 bits per heavy atom. The molecule has 0 radical (unpaired) electrons. The monoisotopic (exact) mass is 312 g/mol. The zero-order valence-corrected chi connectivity index (χ0v) is 12.3. The van der Waals surface area contributed by atoms with E-state index < -0.39 is 18.2 Å². The van der Waals surface area contributed by atoms with E-state index in [1.165, 1.54) is 0 Å². The first kappa shape index (κ1) is 13.3. The molecule has 2 N–H and O–H groups in total. The maximum atomic E-state index is 12.8. The van der Waals surface area contributed by atoms with Crippen LogP contribution in [0.25, 0.3) is 6.08 Å². The van der Waals surface area contributed by atoms with Gasteiger partial charge in [-0.05, 0) is 17.2 Å². The number of amides is 1. The van der Waals surface area contributed by atoms with Gasteiger partial charge in [-0.1, -0.05) is 24.3 Å². The molecule has 0 aliphatic carbocycles. The molecule has 23 heavy (non-hydrogen) atoms. The second-order valence-electron chi connectivity index (χ2n) is 6.53. The molecule has 6 nitrogen and oxygen atoms in total. The first-order valence-corrected chi connectivity index (χ1v) is 7.81. The number of hydrogen-bond acceptors (Lipinski definition) is 5. The highest BCUT2D eigenvalue weighted by molar-refractivity contribution is 5.91. The van der Waals surface area contributed by atoms with Crippen molar-refractivity contribution in [2.24, 2.45) is 17.6 Å². The number of carbonyl (C=O) groups is 2. The number of rotatable bonds is 1. The highest BCUT2D eigenvalue weighted by atomic mass is 16.7. The number of hydrogen-bond donors (Lipinski definition) is 1. The fraction of sp³-hybridized carbons (Fsp3) is 0.412. The first-order valence-electron chi connectivity index (χ1n) is 7.81. The lowest BCUT2D eigenvalue weighted by Crippen LogP contribution is -2.49. The zero-order valence-electron chi connectivity index (χ0n) is 12.3. The molecule has 5 rings (SSSR count). The quantitative estimate of drug-likeness (QED) is 0.813. The van der Waals surface area contributed by atoms with Crippen LogP contribution in [0.3, 0.4) is 0 Å². The predicted molar refractivity (Wildman–Crippen MR) is 79.6 cm³/mol. The van der Waals surface area contributed by atoms with Gasteiger partial charge < -0.3 is 20.1 Å². The van der Waals surface area contributed by atoms with Gasteiger partial charge in [-0.25, -0.2) is 0 Å². The summed E-state index contributed by atoms with van der Waals surface area (Å²) in [5.41, 5.74) is 7.82. The minimum absolute atomic E-state index is 0.0763. The third-order valence-corrected chi connectivity index (χ3v) is 5.49. The molecule has 2 bridgehead atoms. The summed E-state index contributed by atoms with van der Waals surface area (Å²) >= 11 is 0. The normalized spacial score (nSPS) is 39.8. The molecule has 1 aromatic carbocycles. The molecule has 6 atom stereocenters. The maximum Gasteiger partial charge on any atom is 0.240 e. The van der Waals surface area contributed by atoms with E-state index in [0.717, 1.165) is 11.1 Å². The summed E-state index contributed by atoms with van der Waals surface area (Å²) < 4.78 is 11.1. The van der Waals surface area contributed by atoms with Crippen molar-refractivity contribution in [3.63, 3.8) is 0 Å². The number of Topliss-reactive ketones (excluding diaryl/α,β-unsaturated/α-hetero) is 1. The number of fused-ring (bicyclic) bond motifs is 8. The minimum atomic E-state index is -0.798. The van der Waals surface area contributed by atoms with Crippen LogP contribution in [0.1, 0.15) is 17.2 Å². The SMILES string of the molecule is NC(=O)[C@@H]1[C@H]2[C@@H](C(=O)[C@@H]3OC[C@H]2O3)[C@@H]2c3ccccc3C=CN12. The smallest absolute Gasteiger partial charge is 0.240 e. The molecule has 0 spiro atoms. The van der Waals surface area contributed by atoms with E-state index in [2.05, 4.69) is 0 Å². The molecule has 4 aliphatic rings. The summed E-state index contributed by atoms with van der Waals surface area (Å²) in [7, 11) is 0. The summed E-state index contributed by atoms with van der Waals surface area (Å²) in [6.45, 7) is 0.341. The molecule has 1 aromatic rings. The standard InChI is InChI=1S/C17H16N2O4/c18-16(21)14-11-10-7-22-17(23-10)15(20)12(11)13-9-4-2-1-3-8(9)5-6-19(13)14/h1-6,10-14,17H,7H2,(H2,18,21)/t10-,11-,12-,13+,14+,17-/m1/s1. The Bertz CT molecular complexity index is 746. The van der Waals surface area contributed by atoms with Crippen molar-refractivity contribution < 1.29 is 19.1 Å². The minimum Gasteiger partial charge on any atom is -0.368 e. The van der Waals surface area contributed by atoms with Crippen LogP contribution in [-0.2, 0) is 19.1 Å². The Morgan fingerprint density at radius 1 is 1.30 bits per heavy atom. The van der Waals surface area contributed by atoms with Gasteiger partial charge in [-0.15, -0.1) is 0 Å². The van der Waals surface area contributed by atoms with Gasteiger partial charge in [0.2, 0.25) is 12.2 Å². The molecular formula is C17H16N2O4. The zero-order chi connectivity index (χ0) is 15.7. The predicted octanol–water partition coefficient (Wildman–Crippen LogP) is 0.438. The topological polar surface area (TPSA) is 81.9 Å². The van der Waals surface area contributed by atoms with Crippen molar-refractivity contribution in [2.75, 3.05) is 6.61 Å². The summed E-state index contributed by atoms with van der Waals surface area (Å²) in [5, 5.41) is 0. The Morgan fingerprint density at radius 2 is 2.13 bits per heavy atom. The molecule has 0 aromatic heterocycles. The Hall–Kier alpha value is -2.18. The number of carbonyl (C=O) groups excluding carboxylic acids is 2. The van der Waals surface area contributed by atoms with Gasteiger partial charge in [-0.2, -0.15) is 0 Å². The van der Waals surface area contributed by atoms with Crippen molar-refractivity contribution in [1.29, 1.82) is 0 Å². The van der Waals surface area contributed by atoms with Crippen LogP contribution in [-0.4, -0.2) is 41.6 Å². The number of nitrogens with two attached hydrogens (primary N) is 1. The first-order chi connectivity index (χ1) is 11.2. The van der Waals surface area contributed by atoms with Crippen LogP contribution in [0, 0.1) is 11.8 Å². The molecule has 0 saturated carbocycles. The molecule has 0 unspecified atom stereocenters. The lowest BCUT2D eigenvalue weighted by Gasteiger charge is -2.33. The highest BCUT2D eigenvalue weighted by Gasteiger charge is 2.63. The van der Waals surface area contributed by atoms with E-state index >= 15 is 0 Å². The fourth-order valence-electron chi connectivity index (χ4n) is 4.65. The van der Waals surface area contributed by atoms with Crippen molar-refractivity contribution in [3.8, 4) is 0 Å². The highest BCUT2D eigenvalue weighted by Crippen LogP contribution is 2.53. The van der Waals surface area contributed by atoms with Crippen LogP contribution in [0.4, 0.5) is 0 Å². The van der Waals surface area contributed by atoms with Crippen LogP contribution in [0.5, 0.6) is 0 Å². The summed E-state index contributed by atoms with van der Waals surface area (Å²) in [6, 6.07) is 7.23. The van der Waals surface area contributed by atoms with Gasteiger partial charge in [0.1, 0.15) is 6.04 Å². The van der Waals surface area contributed by atoms with Crippen molar-refractivity contribution in [1.82, 2.24) is 4.90 Å². The summed E-state index contributed by atoms with van der Waals surface area (Å²) in [5.74, 6) is -1.09. The van der Waals surface area contributed by atoms with Crippen LogP contribution >= 0.6 is 0 Å². The van der Waals surface area contributed by atoms with Gasteiger partial charge in [-0.3, -0.25) is 9.59 Å². The second kappa shape index (κ2) is 4.43. The van der Waals surface area contributed by atoms with E-state index in [9.17, 15) is 9.59 Å². The molecule has 4 aliphatic heterocycles. The number of primary amides is 1. The largest absolute Gasteiger partial charge is 0.368 e. The molecule has 1 amide bonds. The van der Waals surface area contributed by atoms with Crippen LogP contribution in [0.15, 0.2) is 30.5 Å². The van der Waals surface area contributed by atoms with E-state index in [4.69, 9.17) is 15.2 Å². The van der Waals surface area contributed by atoms with Crippen LogP contribution in [0.2, 0.25) is 0 Å². The van der Waals surface area contributed by atoms with Gasteiger partial charge in [0.15, 0.2) is 5.78 Å². The van der Waals surface area contributed by atoms with Gasteiger partial charge in [0.05, 0.1) is 24.7 Å². The third-order valence-electron chi connectivity index (χ3n) is 5.49. The van der Waals surface area contributed by atoms with Crippen LogP contribution < -0.4 is 5.73 Å². The molecule has 3 fully saturated rings. The van der Waals surface area contributed by atoms with Gasteiger partial charge in [0, 0.05) is 12.1 Å². The Kier molecular flexibility index (Phi) is 2.56. The fourth-order valence-corrected chi connectivity index (χ4v) is 4.65. The Balaban J connectivity index is 1.70. The lowest BCUT2D eigenvalue weighted by atomic mass is 9.76. The molecule has 118 valence electrons. The molecule has 6 heteroatoms. The van der Waals surface area contributed by atoms with E-state index in [0.29, 0.717) is 6.61 Å². The van der Waals surface area contributed by atoms with E-state index in [-0.39, 0.29) is 29.8 Å². The number of nitrogens with zero attached hydrogens (tertiary/aromatic N) is 1. The average molecular weight is 312 g/mol. The third kappa shape index (κ3) is 1.59. The van der Waals surface area contributed by atoms with E-state index in [1.807, 2.05) is 41.4 Å². The average Bonchev–Trinajstić information content (AvgIpc) is 3.13. The van der Waals surface area contributed by atoms with Gasteiger partial charge in [0.25, 0.3) is 0 Å². The summed E-state index contributed by atoms with van der Waals surface area (Å²) in [4.78, 5) is 26.9. The van der Waals surface area contributed by atoms with Crippen molar-refractivity contribution in [2.45, 2.75) is 24.5 Å². The molecular weight excluding hydrogens is 296 g/mol. The van der Waals surface area contributed by atoms with Crippen molar-refractivity contribution >= 4 is 17.8 Å². The van der Waals surface area contributed by atoms with Gasteiger partial charge >= 0.3 is 0 Å². The number of benzene rings is 1. The van der Waals surface area contributed by atoms with Crippen molar-refractivity contribution in [3.05, 3.63) is 41.6 Å². The lowest BCUT2D eigenvalue weighted by molar-refractivity contribution is -0.165. The van der Waals surface area contributed by atoms with E-state index in [1.54, 1.807) is 0 Å². The molecule has 3 saturated heterocycles. The maximum absolute atomic E-state index is 12.8. The second-order valence-corrected chi connectivity index (χ2v) is 6.53.